The Morgan fingerprint density at radius 2 is 1.50 bits per heavy atom. The number of piperazine rings is 1. The summed E-state index contributed by atoms with van der Waals surface area (Å²) in [5.74, 6) is 1.47. The number of amides is 2. The molecule has 1 aromatic heterocycles. The molecule has 0 bridgehead atoms. The van der Waals surface area contributed by atoms with Gasteiger partial charge in [-0.1, -0.05) is 56.5 Å². The number of nitrogens with zero attached hydrogens (tertiary/aromatic N) is 3. The van der Waals surface area contributed by atoms with Gasteiger partial charge in [-0.15, -0.1) is 0 Å². The maximum absolute atomic E-state index is 13.8. The summed E-state index contributed by atoms with van der Waals surface area (Å²) in [5, 5.41) is 0. The molecule has 2 amide bonds. The van der Waals surface area contributed by atoms with E-state index in [2.05, 4.69) is 11.5 Å². The summed E-state index contributed by atoms with van der Waals surface area (Å²) in [6.45, 7) is 6.40. The van der Waals surface area contributed by atoms with Gasteiger partial charge in [-0.05, 0) is 37.1 Å². The lowest BCUT2D eigenvalue weighted by Crippen LogP contribution is -2.50. The molecule has 1 aliphatic rings. The molecule has 7 nitrogen and oxygen atoms in total. The van der Waals surface area contributed by atoms with E-state index >= 15 is 0 Å². The molecule has 7 heteroatoms. The van der Waals surface area contributed by atoms with Crippen LogP contribution in [0.5, 0.6) is 11.5 Å². The van der Waals surface area contributed by atoms with Crippen LogP contribution in [0.4, 0.5) is 0 Å². The summed E-state index contributed by atoms with van der Waals surface area (Å²) >= 11 is 0. The van der Waals surface area contributed by atoms with E-state index < -0.39 is 0 Å². The van der Waals surface area contributed by atoms with Crippen LogP contribution in [0, 0.1) is 6.92 Å². The Morgan fingerprint density at radius 3 is 2.16 bits per heavy atom. The monoisotopic (exact) mass is 517 g/mol. The highest BCUT2D eigenvalue weighted by Gasteiger charge is 2.28. The smallest absolute Gasteiger partial charge is 0.255 e. The van der Waals surface area contributed by atoms with Gasteiger partial charge in [-0.2, -0.15) is 0 Å². The van der Waals surface area contributed by atoms with Crippen molar-refractivity contribution in [2.24, 2.45) is 0 Å². The predicted molar refractivity (Wildman–Crippen MR) is 150 cm³/mol. The lowest BCUT2D eigenvalue weighted by Gasteiger charge is -2.35. The predicted octanol–water partition coefficient (Wildman–Crippen LogP) is 5.72. The molecule has 38 heavy (non-hydrogen) atoms. The molecule has 0 atom stereocenters. The quantitative estimate of drug-likeness (QED) is 0.323. The van der Waals surface area contributed by atoms with Gasteiger partial charge in [-0.3, -0.25) is 9.59 Å². The Bertz CT molecular complexity index is 1240. The van der Waals surface area contributed by atoms with Crippen LogP contribution in [0.3, 0.4) is 0 Å². The zero-order valence-electron chi connectivity index (χ0n) is 23.0. The molecule has 0 saturated carbocycles. The summed E-state index contributed by atoms with van der Waals surface area (Å²) in [5.41, 5.74) is 4.35. The van der Waals surface area contributed by atoms with Gasteiger partial charge in [0.2, 0.25) is 5.91 Å². The molecule has 2 heterocycles. The van der Waals surface area contributed by atoms with Gasteiger partial charge < -0.3 is 23.8 Å². The number of benzene rings is 2. The van der Waals surface area contributed by atoms with Crippen molar-refractivity contribution in [3.05, 3.63) is 65.9 Å². The Morgan fingerprint density at radius 1 is 0.816 bits per heavy atom. The van der Waals surface area contributed by atoms with Crippen LogP contribution in [-0.2, 0) is 4.79 Å². The van der Waals surface area contributed by atoms with E-state index in [-0.39, 0.29) is 11.8 Å². The molecule has 1 fully saturated rings. The third-order valence-electron chi connectivity index (χ3n) is 7.34. The van der Waals surface area contributed by atoms with Crippen LogP contribution in [-0.4, -0.2) is 66.6 Å². The molecule has 1 aliphatic heterocycles. The lowest BCUT2D eigenvalue weighted by molar-refractivity contribution is -0.132. The fraction of sp³-hybridized carbons (Fsp3) is 0.419. The fourth-order valence-corrected chi connectivity index (χ4v) is 5.13. The first-order valence-electron chi connectivity index (χ1n) is 13.6. The Kier molecular flexibility index (Phi) is 9.10. The second-order valence-corrected chi connectivity index (χ2v) is 9.75. The Balaban J connectivity index is 1.58. The maximum Gasteiger partial charge on any atom is 0.255 e. The van der Waals surface area contributed by atoms with Crippen molar-refractivity contribution in [2.45, 2.75) is 46.0 Å². The molecule has 0 spiro atoms. The van der Waals surface area contributed by atoms with Crippen molar-refractivity contribution in [3.8, 4) is 28.4 Å². The lowest BCUT2D eigenvalue weighted by atomic mass is 10.1. The highest BCUT2D eigenvalue weighted by molar-refractivity contribution is 5.97. The molecule has 0 N–H and O–H groups in total. The first-order valence-corrected chi connectivity index (χ1v) is 13.6. The number of unbranched alkanes of at least 4 members (excludes halogenated alkanes) is 3. The van der Waals surface area contributed by atoms with Crippen LogP contribution in [0.1, 0.15) is 55.1 Å². The maximum atomic E-state index is 13.8. The molecule has 3 aromatic rings. The van der Waals surface area contributed by atoms with Gasteiger partial charge in [0.15, 0.2) is 11.5 Å². The van der Waals surface area contributed by atoms with E-state index in [1.807, 2.05) is 71.3 Å². The van der Waals surface area contributed by atoms with Crippen LogP contribution < -0.4 is 9.47 Å². The molecule has 0 unspecified atom stereocenters. The number of hydrogen-bond donors (Lipinski definition) is 0. The van der Waals surface area contributed by atoms with Gasteiger partial charge in [-0.25, -0.2) is 0 Å². The van der Waals surface area contributed by atoms with E-state index in [9.17, 15) is 9.59 Å². The number of ether oxygens (including phenoxy) is 2. The molecular weight excluding hydrogens is 478 g/mol. The fourth-order valence-electron chi connectivity index (χ4n) is 5.13. The minimum absolute atomic E-state index is 0.00560. The third kappa shape index (κ3) is 5.87. The SMILES string of the molecule is CCCCCCC(=O)N1CCN(C(=O)c2cc(-c3ccccc3)n(-c3ccc(OC)c(OC)c3)c2C)CC1. The second kappa shape index (κ2) is 12.7. The van der Waals surface area contributed by atoms with Crippen molar-refractivity contribution in [2.75, 3.05) is 40.4 Å². The molecule has 2 aromatic carbocycles. The van der Waals surface area contributed by atoms with Crippen molar-refractivity contribution in [1.82, 2.24) is 14.4 Å². The summed E-state index contributed by atoms with van der Waals surface area (Å²) in [6, 6.07) is 17.8. The second-order valence-electron chi connectivity index (χ2n) is 9.75. The first kappa shape index (κ1) is 27.3. The summed E-state index contributed by atoms with van der Waals surface area (Å²) in [4.78, 5) is 30.2. The first-order chi connectivity index (χ1) is 18.5. The van der Waals surface area contributed by atoms with Gasteiger partial charge >= 0.3 is 0 Å². The Labute approximate surface area is 226 Å². The van der Waals surface area contributed by atoms with Gasteiger partial charge in [0.25, 0.3) is 5.91 Å². The average Bonchev–Trinajstić information content (AvgIpc) is 3.31. The van der Waals surface area contributed by atoms with Crippen molar-refractivity contribution >= 4 is 11.8 Å². The molecule has 4 rings (SSSR count). The summed E-state index contributed by atoms with van der Waals surface area (Å²) < 4.78 is 13.1. The molecule has 1 saturated heterocycles. The van der Waals surface area contributed by atoms with Crippen LogP contribution in [0.15, 0.2) is 54.6 Å². The van der Waals surface area contributed by atoms with Crippen molar-refractivity contribution in [3.63, 3.8) is 0 Å². The van der Waals surface area contributed by atoms with Gasteiger partial charge in [0.05, 0.1) is 25.5 Å². The number of methoxy groups -OCH3 is 2. The van der Waals surface area contributed by atoms with Gasteiger partial charge in [0, 0.05) is 50.0 Å². The van der Waals surface area contributed by atoms with E-state index in [1.165, 1.54) is 6.42 Å². The van der Waals surface area contributed by atoms with E-state index in [1.54, 1.807) is 14.2 Å². The zero-order chi connectivity index (χ0) is 27.1. The van der Waals surface area contributed by atoms with E-state index in [0.717, 1.165) is 41.9 Å². The summed E-state index contributed by atoms with van der Waals surface area (Å²) in [6.07, 6.45) is 4.97. The van der Waals surface area contributed by atoms with Crippen molar-refractivity contribution < 1.29 is 19.1 Å². The Hall–Kier alpha value is -3.74. The largest absolute Gasteiger partial charge is 0.493 e. The minimum Gasteiger partial charge on any atom is -0.493 e. The highest BCUT2D eigenvalue weighted by Crippen LogP contribution is 2.34. The standard InChI is InChI=1S/C31H39N3O4/c1-5-6-7-11-14-30(35)32-17-19-33(20-18-32)31(36)26-22-27(24-12-9-8-10-13-24)34(23(26)2)25-15-16-28(37-3)29(21-25)38-4/h8-10,12-13,15-16,21-22H,5-7,11,14,17-20H2,1-4H3. The zero-order valence-corrected chi connectivity index (χ0v) is 23.0. The third-order valence-corrected chi connectivity index (χ3v) is 7.34. The van der Waals surface area contributed by atoms with Gasteiger partial charge in [0.1, 0.15) is 0 Å². The molecule has 202 valence electrons. The minimum atomic E-state index is -0.00560. The number of carbonyl (C=O) groups is 2. The highest BCUT2D eigenvalue weighted by atomic mass is 16.5. The summed E-state index contributed by atoms with van der Waals surface area (Å²) in [7, 11) is 3.23. The molecular formula is C31H39N3O4. The normalized spacial score (nSPS) is 13.5. The van der Waals surface area contributed by atoms with E-state index in [4.69, 9.17) is 9.47 Å². The number of carbonyl (C=O) groups excluding carboxylic acids is 2. The topological polar surface area (TPSA) is 64.0 Å². The van der Waals surface area contributed by atoms with Crippen molar-refractivity contribution in [1.29, 1.82) is 0 Å². The number of hydrogen-bond acceptors (Lipinski definition) is 4. The van der Waals surface area contributed by atoms with Crippen LogP contribution >= 0.6 is 0 Å². The average molecular weight is 518 g/mol. The molecule has 0 radical (unpaired) electrons. The van der Waals surface area contributed by atoms with Crippen LogP contribution in [0.25, 0.3) is 16.9 Å². The van der Waals surface area contributed by atoms with E-state index in [0.29, 0.717) is 49.7 Å². The number of rotatable bonds is 10. The molecule has 0 aliphatic carbocycles. The number of aromatic nitrogens is 1. The van der Waals surface area contributed by atoms with Crippen LogP contribution in [0.2, 0.25) is 0 Å².